The second-order valence-electron chi connectivity index (χ2n) is 7.53. The summed E-state index contributed by atoms with van der Waals surface area (Å²) in [4.78, 5) is 16.6. The van der Waals surface area contributed by atoms with Crippen molar-refractivity contribution in [1.29, 1.82) is 0 Å². The smallest absolute Gasteiger partial charge is 0.333 e. The quantitative estimate of drug-likeness (QED) is 0.612. The summed E-state index contributed by atoms with van der Waals surface area (Å²) in [5.74, 6) is -0.826. The summed E-state index contributed by atoms with van der Waals surface area (Å²) in [6.07, 6.45) is -9.55. The van der Waals surface area contributed by atoms with E-state index in [1.165, 1.54) is 4.90 Å². The molecule has 0 saturated carbocycles. The summed E-state index contributed by atoms with van der Waals surface area (Å²) in [5, 5.41) is 0. The summed E-state index contributed by atoms with van der Waals surface area (Å²) in [6.45, 7) is 3.90. The standard InChI is InChI=1S/C22H22F6N2O/c1-2-29-8-9-30(19(14-29)10-15-6-4-3-5-7-15)20(31)16-11-17(21(23,24)25)13-18(12-16)22(26,27)28/h3-7,11-13,19H,2,8-10,14H2,1H3/t19-/m1/s1. The Labute approximate surface area is 176 Å². The lowest BCUT2D eigenvalue weighted by molar-refractivity contribution is -0.143. The molecule has 9 heteroatoms. The average molecular weight is 444 g/mol. The van der Waals surface area contributed by atoms with Crippen LogP contribution in [0.1, 0.15) is 34.0 Å². The Morgan fingerprint density at radius 1 is 0.935 bits per heavy atom. The predicted molar refractivity (Wildman–Crippen MR) is 104 cm³/mol. The van der Waals surface area contributed by atoms with Crippen LogP contribution in [0.25, 0.3) is 0 Å². The van der Waals surface area contributed by atoms with E-state index in [4.69, 9.17) is 0 Å². The van der Waals surface area contributed by atoms with Gasteiger partial charge in [0, 0.05) is 31.2 Å². The van der Waals surface area contributed by atoms with Gasteiger partial charge in [-0.25, -0.2) is 0 Å². The second-order valence-corrected chi connectivity index (χ2v) is 7.53. The Hall–Kier alpha value is -2.55. The molecular weight excluding hydrogens is 422 g/mol. The third-order valence-corrected chi connectivity index (χ3v) is 5.42. The van der Waals surface area contributed by atoms with Crippen LogP contribution in [0, 0.1) is 0 Å². The van der Waals surface area contributed by atoms with E-state index in [1.807, 2.05) is 37.3 Å². The number of piperazine rings is 1. The Balaban J connectivity index is 1.96. The zero-order valence-electron chi connectivity index (χ0n) is 16.8. The maximum atomic E-state index is 13.2. The Bertz CT molecular complexity index is 878. The number of carbonyl (C=O) groups is 1. The first kappa shape index (κ1) is 23.1. The van der Waals surface area contributed by atoms with Gasteiger partial charge in [-0.15, -0.1) is 0 Å². The lowest BCUT2D eigenvalue weighted by Gasteiger charge is -2.41. The summed E-state index contributed by atoms with van der Waals surface area (Å²) in [5.41, 5.74) is -2.65. The van der Waals surface area contributed by atoms with Gasteiger partial charge in [0.25, 0.3) is 5.91 Å². The van der Waals surface area contributed by atoms with E-state index < -0.39 is 35.0 Å². The van der Waals surface area contributed by atoms with E-state index in [0.29, 0.717) is 31.6 Å². The molecule has 0 aromatic heterocycles. The van der Waals surface area contributed by atoms with E-state index in [9.17, 15) is 31.1 Å². The van der Waals surface area contributed by atoms with Crippen LogP contribution >= 0.6 is 0 Å². The SMILES string of the molecule is CCN1CCN(C(=O)c2cc(C(F)(F)F)cc(C(F)(F)F)c2)[C@H](Cc2ccccc2)C1. The van der Waals surface area contributed by atoms with Crippen LogP contribution in [0.4, 0.5) is 26.3 Å². The molecule has 3 rings (SSSR count). The van der Waals surface area contributed by atoms with Crippen molar-refractivity contribution < 1.29 is 31.1 Å². The fourth-order valence-corrected chi connectivity index (χ4v) is 3.78. The molecule has 0 N–H and O–H groups in total. The number of hydrogen-bond donors (Lipinski definition) is 0. The molecule has 1 aliphatic heterocycles. The van der Waals surface area contributed by atoms with Crippen LogP contribution in [-0.4, -0.2) is 47.9 Å². The normalized spacial score (nSPS) is 18.3. The molecular formula is C22H22F6N2O. The molecule has 1 amide bonds. The topological polar surface area (TPSA) is 23.6 Å². The van der Waals surface area contributed by atoms with Crippen molar-refractivity contribution in [1.82, 2.24) is 9.80 Å². The largest absolute Gasteiger partial charge is 0.416 e. The van der Waals surface area contributed by atoms with Crippen LogP contribution in [0.5, 0.6) is 0 Å². The Morgan fingerprint density at radius 3 is 2.03 bits per heavy atom. The number of alkyl halides is 6. The minimum Gasteiger partial charge on any atom is -0.333 e. The fraction of sp³-hybridized carbons (Fsp3) is 0.409. The van der Waals surface area contributed by atoms with Crippen LogP contribution < -0.4 is 0 Å². The van der Waals surface area contributed by atoms with Gasteiger partial charge >= 0.3 is 12.4 Å². The first-order valence-electron chi connectivity index (χ1n) is 9.85. The van der Waals surface area contributed by atoms with Gasteiger partial charge in [-0.2, -0.15) is 26.3 Å². The number of amides is 1. The molecule has 0 aliphatic carbocycles. The van der Waals surface area contributed by atoms with Gasteiger partial charge in [-0.3, -0.25) is 9.69 Å². The van der Waals surface area contributed by atoms with E-state index in [2.05, 4.69) is 4.90 Å². The van der Waals surface area contributed by atoms with Gasteiger partial charge < -0.3 is 4.90 Å². The van der Waals surface area contributed by atoms with E-state index in [0.717, 1.165) is 12.1 Å². The van der Waals surface area contributed by atoms with E-state index in [-0.39, 0.29) is 18.7 Å². The monoisotopic (exact) mass is 444 g/mol. The van der Waals surface area contributed by atoms with Crippen molar-refractivity contribution in [2.24, 2.45) is 0 Å². The zero-order chi connectivity index (χ0) is 22.8. The van der Waals surface area contributed by atoms with Crippen molar-refractivity contribution >= 4 is 5.91 Å². The fourth-order valence-electron chi connectivity index (χ4n) is 3.78. The molecule has 1 heterocycles. The first-order valence-corrected chi connectivity index (χ1v) is 9.85. The first-order chi connectivity index (χ1) is 14.5. The summed E-state index contributed by atoms with van der Waals surface area (Å²) < 4.78 is 79.2. The second kappa shape index (κ2) is 8.90. The van der Waals surface area contributed by atoms with Crippen LogP contribution in [0.2, 0.25) is 0 Å². The zero-order valence-corrected chi connectivity index (χ0v) is 16.8. The molecule has 31 heavy (non-hydrogen) atoms. The molecule has 2 aromatic rings. The lowest BCUT2D eigenvalue weighted by atomic mass is 9.99. The van der Waals surface area contributed by atoms with Gasteiger partial charge in [0.2, 0.25) is 0 Å². The number of benzene rings is 2. The number of likely N-dealkylation sites (N-methyl/N-ethyl adjacent to an activating group) is 1. The maximum absolute atomic E-state index is 13.2. The molecule has 2 aromatic carbocycles. The highest BCUT2D eigenvalue weighted by Gasteiger charge is 2.39. The summed E-state index contributed by atoms with van der Waals surface area (Å²) in [7, 11) is 0. The number of halogens is 6. The molecule has 1 saturated heterocycles. The van der Waals surface area contributed by atoms with Crippen molar-refractivity contribution in [3.63, 3.8) is 0 Å². The van der Waals surface area contributed by atoms with Crippen molar-refractivity contribution in [2.45, 2.75) is 31.7 Å². The van der Waals surface area contributed by atoms with E-state index in [1.54, 1.807) is 0 Å². The highest BCUT2D eigenvalue weighted by atomic mass is 19.4. The third kappa shape index (κ3) is 5.58. The summed E-state index contributed by atoms with van der Waals surface area (Å²) >= 11 is 0. The van der Waals surface area contributed by atoms with Gasteiger partial charge in [0.1, 0.15) is 0 Å². The molecule has 0 bridgehead atoms. The molecule has 3 nitrogen and oxygen atoms in total. The van der Waals surface area contributed by atoms with E-state index >= 15 is 0 Å². The van der Waals surface area contributed by atoms with Crippen LogP contribution in [-0.2, 0) is 18.8 Å². The van der Waals surface area contributed by atoms with Crippen LogP contribution in [0.3, 0.4) is 0 Å². The molecule has 0 radical (unpaired) electrons. The number of nitrogens with zero attached hydrogens (tertiary/aromatic N) is 2. The number of carbonyl (C=O) groups excluding carboxylic acids is 1. The lowest BCUT2D eigenvalue weighted by Crippen LogP contribution is -2.55. The van der Waals surface area contributed by atoms with Gasteiger partial charge in [0.05, 0.1) is 11.1 Å². The molecule has 1 atom stereocenters. The highest BCUT2D eigenvalue weighted by Crippen LogP contribution is 2.36. The third-order valence-electron chi connectivity index (χ3n) is 5.42. The van der Waals surface area contributed by atoms with Crippen LogP contribution in [0.15, 0.2) is 48.5 Å². The maximum Gasteiger partial charge on any atom is 0.416 e. The molecule has 0 spiro atoms. The Kier molecular flexibility index (Phi) is 6.64. The van der Waals surface area contributed by atoms with Gasteiger partial charge in [-0.05, 0) is 36.7 Å². The number of hydrogen-bond acceptors (Lipinski definition) is 2. The average Bonchev–Trinajstić information content (AvgIpc) is 2.72. The van der Waals surface area contributed by atoms with Crippen molar-refractivity contribution in [3.05, 3.63) is 70.8 Å². The molecule has 0 unspecified atom stereocenters. The molecule has 168 valence electrons. The Morgan fingerprint density at radius 2 is 1.52 bits per heavy atom. The van der Waals surface area contributed by atoms with Gasteiger partial charge in [0.15, 0.2) is 0 Å². The van der Waals surface area contributed by atoms with Crippen molar-refractivity contribution in [2.75, 3.05) is 26.2 Å². The minimum atomic E-state index is -5.00. The van der Waals surface area contributed by atoms with Crippen molar-refractivity contribution in [3.8, 4) is 0 Å². The highest BCUT2D eigenvalue weighted by molar-refractivity contribution is 5.95. The minimum absolute atomic E-state index is 0.0350. The summed E-state index contributed by atoms with van der Waals surface area (Å²) in [6, 6.07) is 9.94. The molecule has 1 fully saturated rings. The number of rotatable bonds is 4. The molecule has 1 aliphatic rings. The van der Waals surface area contributed by atoms with Gasteiger partial charge in [-0.1, -0.05) is 37.3 Å². The predicted octanol–water partition coefficient (Wildman–Crippen LogP) is 5.11.